The summed E-state index contributed by atoms with van der Waals surface area (Å²) in [6.07, 6.45) is 0. The first-order valence-electron chi connectivity index (χ1n) is 7.35. The Balaban J connectivity index is 2.24. The zero-order chi connectivity index (χ0) is 17.4. The van der Waals surface area contributed by atoms with Crippen molar-refractivity contribution in [3.05, 3.63) is 58.3 Å². The van der Waals surface area contributed by atoms with E-state index in [2.05, 4.69) is 0 Å². The van der Waals surface area contributed by atoms with E-state index >= 15 is 0 Å². The van der Waals surface area contributed by atoms with Crippen molar-refractivity contribution < 1.29 is 9.59 Å². The van der Waals surface area contributed by atoms with Crippen molar-refractivity contribution >= 4 is 43.4 Å². The predicted octanol–water partition coefficient (Wildman–Crippen LogP) is 3.17. The number of urea groups is 1. The molecule has 3 aromatic rings. The van der Waals surface area contributed by atoms with Crippen LogP contribution in [0.2, 0.25) is 0 Å². The molecule has 0 aliphatic heterocycles. The molecule has 1 aromatic heterocycles. The van der Waals surface area contributed by atoms with E-state index in [9.17, 15) is 14.4 Å². The molecule has 0 radical (unpaired) electrons. The second-order valence-electron chi connectivity index (χ2n) is 5.65. The molecule has 0 spiro atoms. The molecule has 3 amide bonds. The topological polar surface area (TPSA) is 57.7 Å². The van der Waals surface area contributed by atoms with Crippen molar-refractivity contribution in [3.8, 4) is 0 Å². The summed E-state index contributed by atoms with van der Waals surface area (Å²) in [4.78, 5) is 39.9. The third-order valence-electron chi connectivity index (χ3n) is 3.81. The Kier molecular flexibility index (Phi) is 4.07. The first-order valence-corrected chi connectivity index (χ1v) is 8.17. The van der Waals surface area contributed by atoms with Crippen LogP contribution in [-0.2, 0) is 0 Å². The smallest absolute Gasteiger partial charge is 0.326 e. The molecule has 24 heavy (non-hydrogen) atoms. The van der Waals surface area contributed by atoms with E-state index in [1.165, 1.54) is 23.3 Å². The van der Waals surface area contributed by atoms with Crippen LogP contribution in [0.4, 0.5) is 4.79 Å². The lowest BCUT2D eigenvalue weighted by molar-refractivity contribution is 0.0812. The molecule has 0 aliphatic carbocycles. The largest absolute Gasteiger partial charge is 0.330 e. The fourth-order valence-corrected chi connectivity index (χ4v) is 3.73. The van der Waals surface area contributed by atoms with E-state index in [-0.39, 0.29) is 5.43 Å². The zero-order valence-electron chi connectivity index (χ0n) is 13.6. The Morgan fingerprint density at radius 3 is 2.29 bits per heavy atom. The highest BCUT2D eigenvalue weighted by Gasteiger charge is 2.22. The average molecular weight is 340 g/mol. The van der Waals surface area contributed by atoms with Crippen molar-refractivity contribution in [2.24, 2.45) is 0 Å². The number of carbonyl (C=O) groups excluding carboxylic acids is 2. The molecule has 0 bridgehead atoms. The van der Waals surface area contributed by atoms with Crippen LogP contribution in [0.25, 0.3) is 20.2 Å². The summed E-state index contributed by atoms with van der Waals surface area (Å²) in [5.74, 6) is -0.426. The molecular weight excluding hydrogens is 324 g/mol. The van der Waals surface area contributed by atoms with E-state index in [1.54, 1.807) is 38.4 Å². The average Bonchev–Trinajstić information content (AvgIpc) is 2.59. The highest BCUT2D eigenvalue weighted by molar-refractivity contribution is 7.24. The van der Waals surface area contributed by atoms with Gasteiger partial charge in [-0.3, -0.25) is 14.5 Å². The molecular formula is C18H16N2O3S. The minimum Gasteiger partial charge on any atom is -0.330 e. The van der Waals surface area contributed by atoms with Gasteiger partial charge in [-0.05, 0) is 24.3 Å². The predicted molar refractivity (Wildman–Crippen MR) is 96.8 cm³/mol. The number of nitrogens with zero attached hydrogens (tertiary/aromatic N) is 2. The zero-order valence-corrected chi connectivity index (χ0v) is 14.4. The summed E-state index contributed by atoms with van der Waals surface area (Å²) >= 11 is 1.39. The number of hydrogen-bond donors (Lipinski definition) is 0. The van der Waals surface area contributed by atoms with Crippen LogP contribution >= 0.6 is 11.3 Å². The summed E-state index contributed by atoms with van der Waals surface area (Å²) in [6, 6.07) is 11.9. The molecule has 0 unspecified atom stereocenters. The molecule has 6 heteroatoms. The molecule has 5 nitrogen and oxygen atoms in total. The van der Waals surface area contributed by atoms with E-state index in [0.29, 0.717) is 21.0 Å². The van der Waals surface area contributed by atoms with E-state index < -0.39 is 11.9 Å². The van der Waals surface area contributed by atoms with Crippen molar-refractivity contribution in [1.29, 1.82) is 0 Å². The van der Waals surface area contributed by atoms with Gasteiger partial charge in [-0.25, -0.2) is 4.79 Å². The number of fused-ring (bicyclic) bond motifs is 2. The van der Waals surface area contributed by atoms with Crippen LogP contribution in [-0.4, -0.2) is 42.9 Å². The monoisotopic (exact) mass is 340 g/mol. The molecule has 3 rings (SSSR count). The number of amides is 3. The molecule has 1 heterocycles. The molecule has 0 atom stereocenters. The number of imide groups is 1. The number of rotatable bonds is 1. The summed E-state index contributed by atoms with van der Waals surface area (Å²) in [7, 11) is 4.61. The van der Waals surface area contributed by atoms with Crippen molar-refractivity contribution in [2.75, 3.05) is 21.1 Å². The molecule has 0 saturated heterocycles. The van der Waals surface area contributed by atoms with Crippen LogP contribution in [0.5, 0.6) is 0 Å². The van der Waals surface area contributed by atoms with Crippen LogP contribution in [0.1, 0.15) is 10.4 Å². The van der Waals surface area contributed by atoms with Crippen LogP contribution in [0, 0.1) is 0 Å². The third kappa shape index (κ3) is 2.55. The lowest BCUT2D eigenvalue weighted by atomic mass is 10.1. The molecule has 2 aromatic carbocycles. The van der Waals surface area contributed by atoms with Gasteiger partial charge in [-0.1, -0.05) is 18.2 Å². The van der Waals surface area contributed by atoms with Crippen LogP contribution < -0.4 is 5.43 Å². The van der Waals surface area contributed by atoms with E-state index in [0.717, 1.165) is 9.60 Å². The Morgan fingerprint density at radius 2 is 1.58 bits per heavy atom. The Morgan fingerprint density at radius 1 is 0.917 bits per heavy atom. The molecule has 0 fully saturated rings. The number of carbonyl (C=O) groups is 2. The molecule has 0 aliphatic rings. The van der Waals surface area contributed by atoms with Gasteiger partial charge in [0.15, 0.2) is 5.43 Å². The Labute approximate surface area is 142 Å². The highest BCUT2D eigenvalue weighted by atomic mass is 32.1. The normalized spacial score (nSPS) is 10.8. The summed E-state index contributed by atoms with van der Waals surface area (Å²) < 4.78 is 1.42. The lowest BCUT2D eigenvalue weighted by Gasteiger charge is -2.20. The lowest BCUT2D eigenvalue weighted by Crippen LogP contribution is -2.40. The van der Waals surface area contributed by atoms with Crippen molar-refractivity contribution in [2.45, 2.75) is 0 Å². The van der Waals surface area contributed by atoms with Gasteiger partial charge in [0.2, 0.25) is 0 Å². The highest BCUT2D eigenvalue weighted by Crippen LogP contribution is 2.28. The number of benzene rings is 2. The first-order chi connectivity index (χ1) is 11.4. The fraction of sp³-hybridized carbons (Fsp3) is 0.167. The minimum absolute atomic E-state index is 0.101. The Bertz CT molecular complexity index is 1020. The summed E-state index contributed by atoms with van der Waals surface area (Å²) in [5.41, 5.74) is 0.258. The molecule has 0 saturated carbocycles. The summed E-state index contributed by atoms with van der Waals surface area (Å²) in [5, 5.41) is 1.13. The minimum atomic E-state index is -0.426. The van der Waals surface area contributed by atoms with Gasteiger partial charge in [-0.2, -0.15) is 0 Å². The maximum absolute atomic E-state index is 12.7. The number of hydrogen-bond acceptors (Lipinski definition) is 4. The van der Waals surface area contributed by atoms with Gasteiger partial charge in [0.25, 0.3) is 5.91 Å². The second-order valence-corrected chi connectivity index (χ2v) is 6.70. The summed E-state index contributed by atoms with van der Waals surface area (Å²) in [6.45, 7) is 0. The third-order valence-corrected chi connectivity index (χ3v) is 5.03. The molecule has 122 valence electrons. The van der Waals surface area contributed by atoms with E-state index in [1.807, 2.05) is 18.2 Å². The van der Waals surface area contributed by atoms with Gasteiger partial charge < -0.3 is 4.90 Å². The SMILES string of the molecule is CN(C)C(=O)N(C)C(=O)c1cccc2c(=O)c3ccccc3sc12. The quantitative estimate of drug-likeness (QED) is 0.639. The van der Waals surface area contributed by atoms with Crippen molar-refractivity contribution in [3.63, 3.8) is 0 Å². The van der Waals surface area contributed by atoms with Crippen LogP contribution in [0.15, 0.2) is 47.3 Å². The second kappa shape index (κ2) is 6.05. The Hall–Kier alpha value is -2.73. The molecule has 0 N–H and O–H groups in total. The maximum Gasteiger partial charge on any atom is 0.326 e. The fourth-order valence-electron chi connectivity index (χ4n) is 2.56. The van der Waals surface area contributed by atoms with Gasteiger partial charge in [0.05, 0.1) is 10.3 Å². The first kappa shape index (κ1) is 16.1. The standard InChI is InChI=1S/C18H16N2O3S/c1-19(2)18(23)20(3)17(22)13-9-6-8-12-15(21)11-7-4-5-10-14(11)24-16(12)13/h4-10H,1-3H3. The van der Waals surface area contributed by atoms with Gasteiger partial charge >= 0.3 is 6.03 Å². The van der Waals surface area contributed by atoms with Gasteiger partial charge in [-0.15, -0.1) is 11.3 Å². The van der Waals surface area contributed by atoms with E-state index in [4.69, 9.17) is 0 Å². The maximum atomic E-state index is 12.7. The van der Waals surface area contributed by atoms with Crippen LogP contribution in [0.3, 0.4) is 0 Å². The van der Waals surface area contributed by atoms with Gasteiger partial charge in [0, 0.05) is 36.6 Å². The van der Waals surface area contributed by atoms with Crippen molar-refractivity contribution in [1.82, 2.24) is 9.80 Å². The van der Waals surface area contributed by atoms with Gasteiger partial charge in [0.1, 0.15) is 0 Å².